The fraction of sp³-hybridized carbons (Fsp3) is 0.562. The van der Waals surface area contributed by atoms with E-state index in [0.29, 0.717) is 18.2 Å². The minimum absolute atomic E-state index is 0.414. The van der Waals surface area contributed by atoms with Crippen LogP contribution in [0.3, 0.4) is 0 Å². The van der Waals surface area contributed by atoms with Crippen LogP contribution in [0.4, 0.5) is 0 Å². The van der Waals surface area contributed by atoms with E-state index < -0.39 is 5.97 Å². The van der Waals surface area contributed by atoms with Crippen molar-refractivity contribution < 1.29 is 9.90 Å². The van der Waals surface area contributed by atoms with Crippen LogP contribution in [0.2, 0.25) is 0 Å². The van der Waals surface area contributed by atoms with Crippen LogP contribution in [0, 0.1) is 5.92 Å². The largest absolute Gasteiger partial charge is 0.478 e. The first-order chi connectivity index (χ1) is 9.20. The second-order valence-corrected chi connectivity index (χ2v) is 5.47. The summed E-state index contributed by atoms with van der Waals surface area (Å²) < 4.78 is 0. The zero-order chi connectivity index (χ0) is 13.7. The van der Waals surface area contributed by atoms with E-state index in [4.69, 9.17) is 5.11 Å². The van der Waals surface area contributed by atoms with Gasteiger partial charge in [-0.05, 0) is 43.2 Å². The molecule has 0 heterocycles. The highest BCUT2D eigenvalue weighted by Gasteiger charge is 2.19. The van der Waals surface area contributed by atoms with Crippen molar-refractivity contribution in [2.75, 3.05) is 0 Å². The van der Waals surface area contributed by atoms with Crippen LogP contribution in [0.1, 0.15) is 54.9 Å². The van der Waals surface area contributed by atoms with Crippen LogP contribution in [0.25, 0.3) is 0 Å². The van der Waals surface area contributed by atoms with Crippen LogP contribution in [0.5, 0.6) is 0 Å². The molecule has 0 amide bonds. The predicted octanol–water partition coefficient (Wildman–Crippen LogP) is 3.44. The van der Waals surface area contributed by atoms with E-state index in [1.807, 2.05) is 12.1 Å². The third kappa shape index (κ3) is 3.80. The molecule has 1 saturated carbocycles. The zero-order valence-corrected chi connectivity index (χ0v) is 11.6. The lowest BCUT2D eigenvalue weighted by Gasteiger charge is -2.28. The lowest BCUT2D eigenvalue weighted by atomic mass is 9.84. The van der Waals surface area contributed by atoms with Gasteiger partial charge in [-0.25, -0.2) is 4.79 Å². The molecule has 2 N–H and O–H groups in total. The van der Waals surface area contributed by atoms with Crippen molar-refractivity contribution in [3.63, 3.8) is 0 Å². The highest BCUT2D eigenvalue weighted by molar-refractivity contribution is 5.89. The highest BCUT2D eigenvalue weighted by Crippen LogP contribution is 2.26. The van der Waals surface area contributed by atoms with Gasteiger partial charge in [0.05, 0.1) is 5.56 Å². The first kappa shape index (κ1) is 14.1. The molecule has 3 heteroatoms. The van der Waals surface area contributed by atoms with Crippen LogP contribution in [-0.4, -0.2) is 17.1 Å². The molecule has 0 saturated heterocycles. The number of carbonyl (C=O) groups is 1. The summed E-state index contributed by atoms with van der Waals surface area (Å²) in [6, 6.07) is 7.79. The van der Waals surface area contributed by atoms with E-state index >= 15 is 0 Å². The Bertz CT molecular complexity index is 423. The molecule has 1 aromatic rings. The van der Waals surface area contributed by atoms with Gasteiger partial charge >= 0.3 is 5.97 Å². The average Bonchev–Trinajstić information content (AvgIpc) is 2.46. The average molecular weight is 261 g/mol. The van der Waals surface area contributed by atoms with Gasteiger partial charge in [-0.2, -0.15) is 0 Å². The van der Waals surface area contributed by atoms with Crippen molar-refractivity contribution in [2.45, 2.75) is 51.6 Å². The summed E-state index contributed by atoms with van der Waals surface area (Å²) >= 11 is 0. The van der Waals surface area contributed by atoms with Gasteiger partial charge in [0.15, 0.2) is 0 Å². The molecule has 104 valence electrons. The van der Waals surface area contributed by atoms with Gasteiger partial charge in [-0.3, -0.25) is 0 Å². The maximum absolute atomic E-state index is 11.1. The predicted molar refractivity (Wildman–Crippen MR) is 76.3 cm³/mol. The first-order valence-electron chi connectivity index (χ1n) is 7.25. The normalized spacial score (nSPS) is 23.2. The molecule has 2 rings (SSSR count). The smallest absolute Gasteiger partial charge is 0.336 e. The molecular formula is C16H23NO2. The fourth-order valence-corrected chi connectivity index (χ4v) is 2.91. The summed E-state index contributed by atoms with van der Waals surface area (Å²) in [6.07, 6.45) is 6.32. The van der Waals surface area contributed by atoms with E-state index in [0.717, 1.165) is 11.5 Å². The third-order valence-corrected chi connectivity index (χ3v) is 4.25. The molecular weight excluding hydrogens is 238 g/mol. The van der Waals surface area contributed by atoms with Crippen LogP contribution in [0.15, 0.2) is 24.3 Å². The SMILES string of the molecule is CCC1CCC(NCc2ccccc2C(=O)O)CC1. The Balaban J connectivity index is 1.88. The summed E-state index contributed by atoms with van der Waals surface area (Å²) in [4.78, 5) is 11.1. The summed E-state index contributed by atoms with van der Waals surface area (Å²) in [5.74, 6) is 0.0523. The second kappa shape index (κ2) is 6.71. The molecule has 0 atom stereocenters. The first-order valence-corrected chi connectivity index (χ1v) is 7.25. The summed E-state index contributed by atoms with van der Waals surface area (Å²) in [5.41, 5.74) is 1.30. The van der Waals surface area contributed by atoms with Gasteiger partial charge in [-0.15, -0.1) is 0 Å². The van der Waals surface area contributed by atoms with E-state index in [9.17, 15) is 4.79 Å². The zero-order valence-electron chi connectivity index (χ0n) is 11.6. The topological polar surface area (TPSA) is 49.3 Å². The number of carboxylic acids is 1. The molecule has 0 unspecified atom stereocenters. The van der Waals surface area contributed by atoms with Crippen molar-refractivity contribution >= 4 is 5.97 Å². The quantitative estimate of drug-likeness (QED) is 0.853. The molecule has 0 bridgehead atoms. The van der Waals surface area contributed by atoms with Crippen molar-refractivity contribution in [3.05, 3.63) is 35.4 Å². The van der Waals surface area contributed by atoms with Crippen LogP contribution in [-0.2, 0) is 6.54 Å². The Morgan fingerprint density at radius 3 is 2.58 bits per heavy atom. The molecule has 0 aromatic heterocycles. The van der Waals surface area contributed by atoms with E-state index in [1.165, 1.54) is 32.1 Å². The Kier molecular flexibility index (Phi) is 4.97. The van der Waals surface area contributed by atoms with Crippen molar-refractivity contribution in [3.8, 4) is 0 Å². The molecule has 0 aliphatic heterocycles. The Morgan fingerprint density at radius 2 is 1.95 bits per heavy atom. The molecule has 1 aliphatic carbocycles. The van der Waals surface area contributed by atoms with Crippen molar-refractivity contribution in [1.82, 2.24) is 5.32 Å². The summed E-state index contributed by atoms with van der Waals surface area (Å²) in [5, 5.41) is 12.7. The van der Waals surface area contributed by atoms with Gasteiger partial charge in [0.25, 0.3) is 0 Å². The number of hydrogen-bond donors (Lipinski definition) is 2. The number of rotatable bonds is 5. The molecule has 19 heavy (non-hydrogen) atoms. The van der Waals surface area contributed by atoms with Crippen molar-refractivity contribution in [2.24, 2.45) is 5.92 Å². The maximum Gasteiger partial charge on any atom is 0.336 e. The monoisotopic (exact) mass is 261 g/mol. The lowest BCUT2D eigenvalue weighted by molar-refractivity contribution is 0.0695. The Morgan fingerprint density at radius 1 is 1.26 bits per heavy atom. The Hall–Kier alpha value is -1.35. The number of aromatic carboxylic acids is 1. The fourth-order valence-electron chi connectivity index (χ4n) is 2.91. The number of nitrogens with one attached hydrogen (secondary N) is 1. The van der Waals surface area contributed by atoms with Crippen molar-refractivity contribution in [1.29, 1.82) is 0 Å². The molecule has 3 nitrogen and oxygen atoms in total. The van der Waals surface area contributed by atoms with Gasteiger partial charge in [-0.1, -0.05) is 31.5 Å². The molecule has 0 radical (unpaired) electrons. The van der Waals surface area contributed by atoms with E-state index in [1.54, 1.807) is 12.1 Å². The lowest BCUT2D eigenvalue weighted by Crippen LogP contribution is -2.33. The Labute approximate surface area is 115 Å². The van der Waals surface area contributed by atoms with Gasteiger partial charge < -0.3 is 10.4 Å². The van der Waals surface area contributed by atoms with Crippen LogP contribution >= 0.6 is 0 Å². The summed E-state index contributed by atoms with van der Waals surface area (Å²) in [6.45, 7) is 2.92. The third-order valence-electron chi connectivity index (χ3n) is 4.25. The van der Waals surface area contributed by atoms with E-state index in [-0.39, 0.29) is 0 Å². The van der Waals surface area contributed by atoms with Gasteiger partial charge in [0, 0.05) is 12.6 Å². The minimum Gasteiger partial charge on any atom is -0.478 e. The number of carboxylic acid groups (broad SMARTS) is 1. The second-order valence-electron chi connectivity index (χ2n) is 5.47. The molecule has 1 aliphatic rings. The molecule has 1 fully saturated rings. The van der Waals surface area contributed by atoms with E-state index in [2.05, 4.69) is 12.2 Å². The number of hydrogen-bond acceptors (Lipinski definition) is 2. The molecule has 1 aromatic carbocycles. The number of benzene rings is 1. The maximum atomic E-state index is 11.1. The molecule has 0 spiro atoms. The minimum atomic E-state index is -0.841. The highest BCUT2D eigenvalue weighted by atomic mass is 16.4. The van der Waals surface area contributed by atoms with Gasteiger partial charge in [0.2, 0.25) is 0 Å². The van der Waals surface area contributed by atoms with Gasteiger partial charge in [0.1, 0.15) is 0 Å². The summed E-state index contributed by atoms with van der Waals surface area (Å²) in [7, 11) is 0. The standard InChI is InChI=1S/C16H23NO2/c1-2-12-7-9-14(10-8-12)17-11-13-5-3-4-6-15(13)16(18)19/h3-6,12,14,17H,2,7-11H2,1H3,(H,18,19). The van der Waals surface area contributed by atoms with Crippen LogP contribution < -0.4 is 5.32 Å².